The number of aliphatic imine (C=N–C) groups is 1. The maximum absolute atomic E-state index is 12.8. The Morgan fingerprint density at radius 1 is 1.20 bits per heavy atom. The highest BCUT2D eigenvalue weighted by Gasteiger charge is 2.53. The lowest BCUT2D eigenvalue weighted by molar-refractivity contribution is -0.149. The molecule has 2 atom stereocenters. The van der Waals surface area contributed by atoms with Gasteiger partial charge in [-0.3, -0.25) is 24.5 Å². The summed E-state index contributed by atoms with van der Waals surface area (Å²) in [6.07, 6.45) is 5.84. The van der Waals surface area contributed by atoms with E-state index in [0.29, 0.717) is 17.1 Å². The number of esters is 1. The second-order valence-electron chi connectivity index (χ2n) is 8.80. The van der Waals surface area contributed by atoms with Crippen molar-refractivity contribution >= 4 is 64.0 Å². The van der Waals surface area contributed by atoms with Crippen molar-refractivity contribution in [3.63, 3.8) is 0 Å². The van der Waals surface area contributed by atoms with Gasteiger partial charge in [-0.15, -0.1) is 11.8 Å². The number of thioether (sulfide) groups is 1. The Kier molecular flexibility index (Phi) is 8.56. The topological polar surface area (TPSA) is 111 Å². The average Bonchev–Trinajstić information content (AvgIpc) is 2.78. The molecule has 1 N–H and O–H groups in total. The fourth-order valence-corrected chi connectivity index (χ4v) is 5.20. The van der Waals surface area contributed by atoms with Crippen molar-refractivity contribution < 1.29 is 19.1 Å². The van der Waals surface area contributed by atoms with Crippen LogP contribution in [0.4, 0.5) is 5.69 Å². The van der Waals surface area contributed by atoms with Gasteiger partial charge < -0.3 is 10.1 Å². The Balaban J connectivity index is 1.79. The minimum Gasteiger partial charge on any atom is -0.461 e. The molecule has 0 spiro atoms. The van der Waals surface area contributed by atoms with Crippen LogP contribution < -0.4 is 5.32 Å². The summed E-state index contributed by atoms with van der Waals surface area (Å²) in [5, 5.41) is 2.59. The quantitative estimate of drug-likeness (QED) is 0.487. The predicted octanol–water partition coefficient (Wildman–Crippen LogP) is 4.68. The number of rotatable bonds is 8. The number of ether oxygens (including phenoxy) is 1. The molecule has 2 aromatic rings. The summed E-state index contributed by atoms with van der Waals surface area (Å²) in [6.45, 7) is 7.15. The highest BCUT2D eigenvalue weighted by atomic mass is 35.5. The largest absolute Gasteiger partial charge is 0.461 e. The van der Waals surface area contributed by atoms with Gasteiger partial charge >= 0.3 is 5.97 Å². The van der Waals surface area contributed by atoms with E-state index in [1.54, 1.807) is 26.0 Å². The zero-order valence-corrected chi connectivity index (χ0v) is 22.3. The zero-order valence-electron chi connectivity index (χ0n) is 20.0. The van der Waals surface area contributed by atoms with Crippen LogP contribution in [-0.4, -0.2) is 57.0 Å². The van der Waals surface area contributed by atoms with Crippen molar-refractivity contribution in [3.8, 4) is 0 Å². The molecule has 0 aliphatic heterocycles. The molecule has 11 heteroatoms. The number of pyridine rings is 2. The van der Waals surface area contributed by atoms with E-state index < -0.39 is 23.3 Å². The van der Waals surface area contributed by atoms with Gasteiger partial charge in [-0.2, -0.15) is 0 Å². The highest BCUT2D eigenvalue weighted by molar-refractivity contribution is 8.01. The first-order valence-corrected chi connectivity index (χ1v) is 12.9. The van der Waals surface area contributed by atoms with Gasteiger partial charge in [0.2, 0.25) is 0 Å². The number of Topliss-reactive ketones (excluding diaryl/α,β-unsaturated/α-hetero) is 1. The lowest BCUT2D eigenvalue weighted by Crippen LogP contribution is -2.58. The first-order valence-electron chi connectivity index (χ1n) is 10.9. The molecule has 1 saturated carbocycles. The van der Waals surface area contributed by atoms with Crippen molar-refractivity contribution in [1.82, 2.24) is 9.97 Å². The van der Waals surface area contributed by atoms with Crippen molar-refractivity contribution in [2.45, 2.75) is 51.5 Å². The predicted molar refractivity (Wildman–Crippen MR) is 139 cm³/mol. The van der Waals surface area contributed by atoms with Gasteiger partial charge in [-0.05, 0) is 46.1 Å². The van der Waals surface area contributed by atoms with Crippen molar-refractivity contribution in [1.29, 1.82) is 0 Å². The number of carbonyl (C=O) groups is 3. The molecule has 2 aromatic heterocycles. The van der Waals surface area contributed by atoms with E-state index in [-0.39, 0.29) is 39.2 Å². The van der Waals surface area contributed by atoms with E-state index in [2.05, 4.69) is 20.3 Å². The third-order valence-corrected chi connectivity index (χ3v) is 6.94. The fourth-order valence-electron chi connectivity index (χ4n) is 3.58. The molecule has 1 aliphatic rings. The molecule has 0 aromatic carbocycles. The maximum Gasteiger partial charge on any atom is 0.331 e. The Morgan fingerprint density at radius 3 is 2.40 bits per heavy atom. The Bertz CT molecular complexity index is 1150. The third-order valence-electron chi connectivity index (χ3n) is 5.46. The first-order chi connectivity index (χ1) is 16.4. The molecule has 186 valence electrons. The Hall–Kier alpha value is -2.49. The second kappa shape index (κ2) is 11.1. The summed E-state index contributed by atoms with van der Waals surface area (Å²) in [5.41, 5.74) is 1.06. The molecule has 35 heavy (non-hydrogen) atoms. The Labute approximate surface area is 218 Å². The van der Waals surface area contributed by atoms with Crippen molar-refractivity contribution in [2.75, 3.05) is 11.6 Å². The molecular formula is C24H26Cl2N4O4S. The molecule has 3 rings (SSSR count). The lowest BCUT2D eigenvalue weighted by atomic mass is 9.68. The molecule has 0 bridgehead atoms. The second-order valence-corrected chi connectivity index (χ2v) is 10.6. The molecular weight excluding hydrogens is 511 g/mol. The number of amides is 1. The van der Waals surface area contributed by atoms with E-state index in [1.807, 2.05) is 20.1 Å². The number of hydrogen-bond donors (Lipinski definition) is 1. The van der Waals surface area contributed by atoms with E-state index in [1.165, 1.54) is 30.4 Å². The number of anilines is 1. The van der Waals surface area contributed by atoms with Gasteiger partial charge in [0.05, 0.1) is 39.0 Å². The number of nitrogens with one attached hydrogen (secondary N) is 1. The highest BCUT2D eigenvalue weighted by Crippen LogP contribution is 2.40. The fraction of sp³-hybridized carbons (Fsp3) is 0.417. The third kappa shape index (κ3) is 6.02. The normalized spacial score (nSPS) is 18.8. The SMILES string of the molecule is CSC1C(=O)C(C)(C)C1=N[C@@H](Cc1ccc(NC(=O)c2c(Cl)cncc2Cl)cn1)C(=O)OC(C)C. The van der Waals surface area contributed by atoms with E-state index in [4.69, 9.17) is 27.9 Å². The molecule has 0 radical (unpaired) electrons. The van der Waals surface area contributed by atoms with Crippen LogP contribution >= 0.6 is 35.0 Å². The van der Waals surface area contributed by atoms with Crippen LogP contribution in [0.5, 0.6) is 0 Å². The summed E-state index contributed by atoms with van der Waals surface area (Å²) in [6, 6.07) is 2.49. The summed E-state index contributed by atoms with van der Waals surface area (Å²) >= 11 is 13.5. The number of hydrogen-bond acceptors (Lipinski definition) is 8. The molecule has 0 saturated heterocycles. The van der Waals surface area contributed by atoms with Gasteiger partial charge in [0.25, 0.3) is 5.91 Å². The van der Waals surface area contributed by atoms with Crippen LogP contribution in [0.1, 0.15) is 43.7 Å². The maximum atomic E-state index is 12.8. The summed E-state index contributed by atoms with van der Waals surface area (Å²) in [5.74, 6) is -0.891. The van der Waals surface area contributed by atoms with Crippen molar-refractivity contribution in [2.24, 2.45) is 10.4 Å². The van der Waals surface area contributed by atoms with Crippen molar-refractivity contribution in [3.05, 3.63) is 52.0 Å². The monoisotopic (exact) mass is 536 g/mol. The number of ketones is 1. The van der Waals surface area contributed by atoms with Crippen LogP contribution in [-0.2, 0) is 20.7 Å². The first kappa shape index (κ1) is 27.1. The number of halogens is 2. The van der Waals surface area contributed by atoms with Gasteiger partial charge in [-0.25, -0.2) is 4.79 Å². The molecule has 1 unspecified atom stereocenters. The van der Waals surface area contributed by atoms with Crippen LogP contribution in [0.3, 0.4) is 0 Å². The number of carbonyl (C=O) groups excluding carboxylic acids is 3. The van der Waals surface area contributed by atoms with Crippen LogP contribution in [0, 0.1) is 5.41 Å². The van der Waals surface area contributed by atoms with Gasteiger partial charge in [0, 0.05) is 30.2 Å². The number of nitrogens with zero attached hydrogens (tertiary/aromatic N) is 3. The molecule has 1 aliphatic carbocycles. The molecule has 1 amide bonds. The minimum atomic E-state index is -0.850. The summed E-state index contributed by atoms with van der Waals surface area (Å²) < 4.78 is 5.41. The van der Waals surface area contributed by atoms with Gasteiger partial charge in [-0.1, -0.05) is 23.2 Å². The van der Waals surface area contributed by atoms with E-state index >= 15 is 0 Å². The summed E-state index contributed by atoms with van der Waals surface area (Å²) in [7, 11) is 0. The van der Waals surface area contributed by atoms with Gasteiger partial charge in [0.1, 0.15) is 5.25 Å². The molecule has 2 heterocycles. The molecule has 1 fully saturated rings. The van der Waals surface area contributed by atoms with Crippen LogP contribution in [0.15, 0.2) is 35.7 Å². The van der Waals surface area contributed by atoms with Gasteiger partial charge in [0.15, 0.2) is 11.8 Å². The number of aromatic nitrogens is 2. The molecule has 8 nitrogen and oxygen atoms in total. The van der Waals surface area contributed by atoms with E-state index in [0.717, 1.165) is 0 Å². The lowest BCUT2D eigenvalue weighted by Gasteiger charge is -2.42. The van der Waals surface area contributed by atoms with E-state index in [9.17, 15) is 14.4 Å². The zero-order chi connectivity index (χ0) is 25.9. The minimum absolute atomic E-state index is 0.0901. The average molecular weight is 537 g/mol. The van der Waals surface area contributed by atoms with Crippen LogP contribution in [0.25, 0.3) is 0 Å². The Morgan fingerprint density at radius 2 is 1.86 bits per heavy atom. The smallest absolute Gasteiger partial charge is 0.331 e. The summed E-state index contributed by atoms with van der Waals surface area (Å²) in [4.78, 5) is 50.7. The van der Waals surface area contributed by atoms with Crippen LogP contribution in [0.2, 0.25) is 10.0 Å². The standard InChI is InChI=1S/C24H26Cl2N4O4S/c1-12(2)34-23(33)17(30-20-19(35-5)21(31)24(20,3)4)8-13-6-7-14(9-28-13)29-22(32)18-15(25)10-27-11-16(18)26/h6-7,9-12,17,19H,8H2,1-5H3,(H,29,32)/t17-,19?/m0/s1.